The molecule has 0 aromatic heterocycles. The quantitative estimate of drug-likeness (QED) is 0.652. The minimum atomic E-state index is -0.533. The molecule has 0 aliphatic rings. The number of carbonyl (C=O) groups is 1. The number of hydrogen-bond donors (Lipinski definition) is 2. The fraction of sp³-hybridized carbons (Fsp3) is 0.111. The number of nitrogens with one attached hydrogen (secondary N) is 1. The molecule has 0 spiro atoms. The summed E-state index contributed by atoms with van der Waals surface area (Å²) in [7, 11) is 2.80. The third-order valence-electron chi connectivity index (χ3n) is 3.21. The molecule has 0 atom stereocenters. The first-order valence-corrected chi connectivity index (χ1v) is 7.02. The summed E-state index contributed by atoms with van der Waals surface area (Å²) >= 11 is 0. The number of phenols is 1. The predicted octanol–water partition coefficient (Wildman–Crippen LogP) is 2.96. The van der Waals surface area contributed by atoms with Crippen molar-refractivity contribution in [3.63, 3.8) is 0 Å². The molecule has 0 heterocycles. The first-order chi connectivity index (χ1) is 11.6. The second-order valence-corrected chi connectivity index (χ2v) is 4.76. The van der Waals surface area contributed by atoms with E-state index in [1.807, 2.05) is 12.1 Å². The van der Waals surface area contributed by atoms with Gasteiger partial charge in [0, 0.05) is 5.69 Å². The van der Waals surface area contributed by atoms with Crippen molar-refractivity contribution >= 4 is 17.7 Å². The second-order valence-electron chi connectivity index (χ2n) is 4.76. The number of amides is 1. The van der Waals surface area contributed by atoms with Crippen LogP contribution < -0.4 is 14.8 Å². The first kappa shape index (κ1) is 16.9. The van der Waals surface area contributed by atoms with E-state index < -0.39 is 5.91 Å². The summed E-state index contributed by atoms with van der Waals surface area (Å²) in [6, 6.07) is 13.7. The second kappa shape index (κ2) is 7.70. The maximum absolute atomic E-state index is 12.2. The molecule has 0 saturated carbocycles. The molecule has 0 unspecified atom stereocenters. The summed E-state index contributed by atoms with van der Waals surface area (Å²) in [6.07, 6.45) is 1.39. The molecule has 0 saturated heterocycles. The third kappa shape index (κ3) is 3.84. The van der Waals surface area contributed by atoms with Crippen LogP contribution in [0, 0.1) is 11.3 Å². The Morgan fingerprint density at radius 3 is 2.25 bits per heavy atom. The number of nitriles is 1. The lowest BCUT2D eigenvalue weighted by molar-refractivity contribution is -0.112. The minimum Gasteiger partial charge on any atom is -0.502 e. The van der Waals surface area contributed by atoms with Gasteiger partial charge < -0.3 is 19.9 Å². The van der Waals surface area contributed by atoms with Crippen LogP contribution in [0.5, 0.6) is 17.2 Å². The highest BCUT2D eigenvalue weighted by Gasteiger charge is 2.13. The largest absolute Gasteiger partial charge is 0.502 e. The van der Waals surface area contributed by atoms with Crippen molar-refractivity contribution in [2.45, 2.75) is 0 Å². The number of aromatic hydroxyl groups is 1. The Balaban J connectivity index is 2.33. The van der Waals surface area contributed by atoms with Crippen LogP contribution in [0.15, 0.2) is 48.0 Å². The number of methoxy groups -OCH3 is 2. The Bertz CT molecular complexity index is 783. The Kier molecular flexibility index (Phi) is 5.42. The monoisotopic (exact) mass is 324 g/mol. The van der Waals surface area contributed by atoms with Crippen LogP contribution in [0.2, 0.25) is 0 Å². The van der Waals surface area contributed by atoms with E-state index in [-0.39, 0.29) is 22.8 Å². The molecular weight excluding hydrogens is 308 g/mol. The molecule has 2 rings (SSSR count). The number of ether oxygens (including phenoxy) is 2. The topological polar surface area (TPSA) is 91.6 Å². The van der Waals surface area contributed by atoms with Gasteiger partial charge >= 0.3 is 0 Å². The number of nitrogens with zero attached hydrogens (tertiary/aromatic N) is 1. The fourth-order valence-corrected chi connectivity index (χ4v) is 2.03. The smallest absolute Gasteiger partial charge is 0.266 e. The number of rotatable bonds is 5. The van der Waals surface area contributed by atoms with Gasteiger partial charge in [0.2, 0.25) is 5.75 Å². The zero-order valence-corrected chi connectivity index (χ0v) is 13.2. The van der Waals surface area contributed by atoms with E-state index in [9.17, 15) is 15.2 Å². The van der Waals surface area contributed by atoms with Crippen molar-refractivity contribution in [1.29, 1.82) is 5.26 Å². The van der Waals surface area contributed by atoms with E-state index in [1.54, 1.807) is 24.3 Å². The molecule has 122 valence electrons. The summed E-state index contributed by atoms with van der Waals surface area (Å²) in [6.45, 7) is 0. The highest BCUT2D eigenvalue weighted by Crippen LogP contribution is 2.37. The molecule has 24 heavy (non-hydrogen) atoms. The van der Waals surface area contributed by atoms with E-state index in [0.717, 1.165) is 0 Å². The van der Waals surface area contributed by atoms with Crippen molar-refractivity contribution in [2.75, 3.05) is 19.5 Å². The van der Waals surface area contributed by atoms with Gasteiger partial charge in [-0.3, -0.25) is 4.79 Å². The fourth-order valence-electron chi connectivity index (χ4n) is 2.03. The van der Waals surface area contributed by atoms with Crippen LogP contribution in [-0.4, -0.2) is 25.2 Å². The van der Waals surface area contributed by atoms with Gasteiger partial charge in [0.05, 0.1) is 14.2 Å². The summed E-state index contributed by atoms with van der Waals surface area (Å²) in [4.78, 5) is 12.2. The molecule has 2 aromatic carbocycles. The van der Waals surface area contributed by atoms with E-state index in [2.05, 4.69) is 5.32 Å². The maximum Gasteiger partial charge on any atom is 0.266 e. The van der Waals surface area contributed by atoms with Crippen molar-refractivity contribution in [1.82, 2.24) is 0 Å². The van der Waals surface area contributed by atoms with Gasteiger partial charge in [0.25, 0.3) is 5.91 Å². The SMILES string of the molecule is COc1cc(/C=C(/C#N)C(=O)Nc2ccccc2)cc(OC)c1O. The molecule has 0 bridgehead atoms. The number of benzene rings is 2. The van der Waals surface area contributed by atoms with E-state index in [4.69, 9.17) is 9.47 Å². The molecule has 0 fully saturated rings. The molecular formula is C18H16N2O4. The van der Waals surface area contributed by atoms with Crippen LogP contribution in [0.25, 0.3) is 6.08 Å². The van der Waals surface area contributed by atoms with Crippen molar-refractivity contribution in [2.24, 2.45) is 0 Å². The van der Waals surface area contributed by atoms with Gasteiger partial charge in [-0.15, -0.1) is 0 Å². The zero-order chi connectivity index (χ0) is 17.5. The lowest BCUT2D eigenvalue weighted by Crippen LogP contribution is -2.13. The number of para-hydroxylation sites is 1. The summed E-state index contributed by atoms with van der Waals surface area (Å²) in [5, 5.41) is 21.8. The summed E-state index contributed by atoms with van der Waals surface area (Å²) in [5.74, 6) is -0.318. The van der Waals surface area contributed by atoms with Gasteiger partial charge in [-0.05, 0) is 35.9 Å². The standard InChI is InChI=1S/C18H16N2O4/c1-23-15-9-12(10-16(24-2)17(15)21)8-13(11-19)18(22)20-14-6-4-3-5-7-14/h3-10,21H,1-2H3,(H,20,22)/b13-8-. The van der Waals surface area contributed by atoms with E-state index in [0.29, 0.717) is 11.3 Å². The molecule has 0 aliphatic carbocycles. The number of carbonyl (C=O) groups excluding carboxylic acids is 1. The van der Waals surface area contributed by atoms with Gasteiger partial charge in [-0.1, -0.05) is 18.2 Å². The van der Waals surface area contributed by atoms with Crippen molar-refractivity contribution in [3.05, 3.63) is 53.6 Å². The van der Waals surface area contributed by atoms with Crippen LogP contribution >= 0.6 is 0 Å². The van der Waals surface area contributed by atoms with Gasteiger partial charge in [-0.25, -0.2) is 0 Å². The molecule has 0 aliphatic heterocycles. The van der Waals surface area contributed by atoms with Crippen molar-refractivity contribution in [3.8, 4) is 23.3 Å². The van der Waals surface area contributed by atoms with Gasteiger partial charge in [0.15, 0.2) is 11.5 Å². The average molecular weight is 324 g/mol. The third-order valence-corrected chi connectivity index (χ3v) is 3.21. The lowest BCUT2D eigenvalue weighted by Gasteiger charge is -2.10. The Labute approximate surface area is 139 Å². The van der Waals surface area contributed by atoms with Crippen LogP contribution in [0.4, 0.5) is 5.69 Å². The number of anilines is 1. The van der Waals surface area contributed by atoms with E-state index in [1.165, 1.54) is 32.4 Å². The molecule has 1 amide bonds. The minimum absolute atomic E-state index is 0.0892. The van der Waals surface area contributed by atoms with Crippen LogP contribution in [0.1, 0.15) is 5.56 Å². The highest BCUT2D eigenvalue weighted by atomic mass is 16.5. The van der Waals surface area contributed by atoms with E-state index >= 15 is 0 Å². The maximum atomic E-state index is 12.2. The predicted molar refractivity (Wildman–Crippen MR) is 89.9 cm³/mol. The first-order valence-electron chi connectivity index (χ1n) is 7.02. The molecule has 2 N–H and O–H groups in total. The summed E-state index contributed by atoms with van der Waals surface area (Å²) in [5.41, 5.74) is 0.986. The Morgan fingerprint density at radius 2 is 1.75 bits per heavy atom. The highest BCUT2D eigenvalue weighted by molar-refractivity contribution is 6.09. The van der Waals surface area contributed by atoms with Crippen LogP contribution in [0.3, 0.4) is 0 Å². The normalized spacial score (nSPS) is 10.6. The molecule has 6 heteroatoms. The Morgan fingerprint density at radius 1 is 1.17 bits per heavy atom. The van der Waals surface area contributed by atoms with Gasteiger partial charge in [-0.2, -0.15) is 5.26 Å². The molecule has 2 aromatic rings. The van der Waals surface area contributed by atoms with Crippen LogP contribution in [-0.2, 0) is 4.79 Å². The number of hydrogen-bond acceptors (Lipinski definition) is 5. The van der Waals surface area contributed by atoms with Crippen molar-refractivity contribution < 1.29 is 19.4 Å². The zero-order valence-electron chi connectivity index (χ0n) is 13.2. The van der Waals surface area contributed by atoms with Gasteiger partial charge in [0.1, 0.15) is 11.6 Å². The Hall–Kier alpha value is -3.46. The molecule has 6 nitrogen and oxygen atoms in total. The number of phenolic OH excluding ortho intramolecular Hbond substituents is 1. The molecule has 0 radical (unpaired) electrons. The lowest BCUT2D eigenvalue weighted by atomic mass is 10.1. The average Bonchev–Trinajstić information content (AvgIpc) is 2.61. The summed E-state index contributed by atoms with van der Waals surface area (Å²) < 4.78 is 10.1.